The van der Waals surface area contributed by atoms with Crippen molar-refractivity contribution in [3.63, 3.8) is 0 Å². The molecule has 4 heterocycles. The number of nitrogens with zero attached hydrogens (tertiary/aromatic N) is 2. The fourth-order valence-electron chi connectivity index (χ4n) is 4.40. The molecule has 0 amide bonds. The number of aromatic amines is 1. The van der Waals surface area contributed by atoms with Crippen molar-refractivity contribution in [2.45, 2.75) is 25.9 Å². The molecule has 5 nitrogen and oxygen atoms in total. The fourth-order valence-corrected chi connectivity index (χ4v) is 4.59. The van der Waals surface area contributed by atoms with Gasteiger partial charge in [0.2, 0.25) is 0 Å². The molecule has 1 fully saturated rings. The van der Waals surface area contributed by atoms with E-state index < -0.39 is 0 Å². The maximum atomic E-state index is 6.33. The second kappa shape index (κ2) is 7.48. The van der Waals surface area contributed by atoms with Crippen molar-refractivity contribution < 1.29 is 4.74 Å². The fraction of sp³-hybridized carbons (Fsp3) is 0.348. The molecule has 5 rings (SSSR count). The van der Waals surface area contributed by atoms with Crippen molar-refractivity contribution in [2.24, 2.45) is 0 Å². The summed E-state index contributed by atoms with van der Waals surface area (Å²) in [4.78, 5) is 10.0. The third kappa shape index (κ3) is 3.44. The summed E-state index contributed by atoms with van der Waals surface area (Å²) in [5.74, 6) is 0. The minimum Gasteiger partial charge on any atom is -0.378 e. The van der Waals surface area contributed by atoms with Gasteiger partial charge >= 0.3 is 0 Å². The second-order valence-electron chi connectivity index (χ2n) is 7.95. The number of pyridine rings is 1. The quantitative estimate of drug-likeness (QED) is 0.672. The molecule has 6 heteroatoms. The lowest BCUT2D eigenvalue weighted by molar-refractivity contribution is 0.0763. The van der Waals surface area contributed by atoms with E-state index in [1.807, 2.05) is 6.20 Å². The number of benzene rings is 1. The van der Waals surface area contributed by atoms with E-state index in [1.54, 1.807) is 6.20 Å². The summed E-state index contributed by atoms with van der Waals surface area (Å²) in [5, 5.41) is 5.29. The van der Waals surface area contributed by atoms with Crippen LogP contribution in [-0.4, -0.2) is 41.2 Å². The van der Waals surface area contributed by atoms with Crippen molar-refractivity contribution in [3.8, 4) is 11.1 Å². The maximum absolute atomic E-state index is 6.33. The summed E-state index contributed by atoms with van der Waals surface area (Å²) in [6, 6.07) is 6.95. The minimum atomic E-state index is 0.204. The number of aromatic nitrogens is 2. The molecule has 0 spiro atoms. The van der Waals surface area contributed by atoms with E-state index in [0.717, 1.165) is 55.0 Å². The van der Waals surface area contributed by atoms with Gasteiger partial charge in [0, 0.05) is 48.7 Å². The van der Waals surface area contributed by atoms with E-state index in [2.05, 4.69) is 51.9 Å². The largest absolute Gasteiger partial charge is 0.378 e. The van der Waals surface area contributed by atoms with Crippen LogP contribution in [0.3, 0.4) is 0 Å². The summed E-state index contributed by atoms with van der Waals surface area (Å²) in [6.45, 7) is 10.5. The highest BCUT2D eigenvalue weighted by molar-refractivity contribution is 6.35. The number of fused-ring (bicyclic) bond motifs is 2. The first kappa shape index (κ1) is 18.7. The summed E-state index contributed by atoms with van der Waals surface area (Å²) in [6.07, 6.45) is 4.72. The van der Waals surface area contributed by atoms with Crippen molar-refractivity contribution in [2.75, 3.05) is 26.3 Å². The van der Waals surface area contributed by atoms with E-state index >= 15 is 0 Å². The average molecular weight is 409 g/mol. The molecule has 2 aliphatic heterocycles. The van der Waals surface area contributed by atoms with Gasteiger partial charge in [-0.2, -0.15) is 0 Å². The number of halogens is 1. The molecule has 29 heavy (non-hydrogen) atoms. The lowest BCUT2D eigenvalue weighted by Gasteiger charge is -2.35. The Morgan fingerprint density at radius 1 is 1.31 bits per heavy atom. The Bertz CT molecular complexity index is 1080. The molecule has 150 valence electrons. The van der Waals surface area contributed by atoms with Gasteiger partial charge in [0.1, 0.15) is 5.65 Å². The Kier molecular flexibility index (Phi) is 4.82. The van der Waals surface area contributed by atoms with Crippen LogP contribution >= 0.6 is 11.6 Å². The van der Waals surface area contributed by atoms with E-state index in [9.17, 15) is 0 Å². The Balaban J connectivity index is 1.62. The van der Waals surface area contributed by atoms with Gasteiger partial charge in [0.05, 0.1) is 24.3 Å². The van der Waals surface area contributed by atoms with Gasteiger partial charge < -0.3 is 19.9 Å². The van der Waals surface area contributed by atoms with Crippen LogP contribution in [0.1, 0.15) is 29.7 Å². The Morgan fingerprint density at radius 3 is 3.00 bits per heavy atom. The number of ether oxygens (including phenoxy) is 1. The Labute approximate surface area is 175 Å². The number of hydrogen-bond acceptors (Lipinski definition) is 4. The SMILES string of the molecule is C=C(C)N1CCc2cc(-c3cnc4[nH]cc(Cl)c4c3)cc(C3COCCN3)c2C1. The van der Waals surface area contributed by atoms with Crippen molar-refractivity contribution in [1.29, 1.82) is 0 Å². The van der Waals surface area contributed by atoms with Gasteiger partial charge in [-0.15, -0.1) is 0 Å². The van der Waals surface area contributed by atoms with Crippen LogP contribution < -0.4 is 5.32 Å². The molecule has 1 atom stereocenters. The van der Waals surface area contributed by atoms with E-state index in [-0.39, 0.29) is 6.04 Å². The van der Waals surface area contributed by atoms with Crippen LogP contribution in [0.2, 0.25) is 5.02 Å². The third-order valence-corrected chi connectivity index (χ3v) is 6.34. The first-order chi connectivity index (χ1) is 14.1. The number of allylic oxidation sites excluding steroid dienone is 1. The lowest BCUT2D eigenvalue weighted by Crippen LogP contribution is -2.37. The van der Waals surface area contributed by atoms with Gasteiger partial charge in [-0.05, 0) is 47.7 Å². The van der Waals surface area contributed by atoms with Gasteiger partial charge in [-0.1, -0.05) is 24.2 Å². The van der Waals surface area contributed by atoms with E-state index in [4.69, 9.17) is 16.3 Å². The number of morpholine rings is 1. The number of nitrogens with one attached hydrogen (secondary N) is 2. The zero-order valence-corrected chi connectivity index (χ0v) is 17.4. The molecule has 2 aromatic heterocycles. The third-order valence-electron chi connectivity index (χ3n) is 6.03. The van der Waals surface area contributed by atoms with Gasteiger partial charge in [0.15, 0.2) is 0 Å². The van der Waals surface area contributed by atoms with Crippen LogP contribution in [-0.2, 0) is 17.7 Å². The highest BCUT2D eigenvalue weighted by Gasteiger charge is 2.25. The van der Waals surface area contributed by atoms with Crippen LogP contribution in [0.25, 0.3) is 22.2 Å². The Morgan fingerprint density at radius 2 is 2.21 bits per heavy atom. The lowest BCUT2D eigenvalue weighted by atomic mass is 9.87. The summed E-state index contributed by atoms with van der Waals surface area (Å²) in [7, 11) is 0. The van der Waals surface area contributed by atoms with Gasteiger partial charge in [-0.3, -0.25) is 0 Å². The van der Waals surface area contributed by atoms with Gasteiger partial charge in [0.25, 0.3) is 0 Å². The minimum absolute atomic E-state index is 0.204. The number of hydrogen-bond donors (Lipinski definition) is 2. The molecular weight excluding hydrogens is 384 g/mol. The molecule has 1 aromatic carbocycles. The molecule has 1 saturated heterocycles. The molecule has 0 bridgehead atoms. The van der Waals surface area contributed by atoms with E-state index in [0.29, 0.717) is 11.6 Å². The zero-order valence-electron chi connectivity index (χ0n) is 16.6. The molecule has 1 unspecified atom stereocenters. The normalized spacial score (nSPS) is 19.4. The average Bonchev–Trinajstić information content (AvgIpc) is 3.13. The van der Waals surface area contributed by atoms with Crippen LogP contribution in [0, 0.1) is 0 Å². The van der Waals surface area contributed by atoms with E-state index in [1.165, 1.54) is 22.3 Å². The number of rotatable bonds is 3. The number of H-pyrrole nitrogens is 1. The molecule has 2 aliphatic rings. The van der Waals surface area contributed by atoms with Crippen molar-refractivity contribution >= 4 is 22.6 Å². The topological polar surface area (TPSA) is 53.2 Å². The summed E-state index contributed by atoms with van der Waals surface area (Å²) < 4.78 is 5.78. The zero-order chi connectivity index (χ0) is 20.0. The van der Waals surface area contributed by atoms with Crippen LogP contribution in [0.15, 0.2) is 42.9 Å². The summed E-state index contributed by atoms with van der Waals surface area (Å²) >= 11 is 6.33. The molecule has 0 radical (unpaired) electrons. The molecule has 3 aromatic rings. The monoisotopic (exact) mass is 408 g/mol. The van der Waals surface area contributed by atoms with Crippen LogP contribution in [0.5, 0.6) is 0 Å². The van der Waals surface area contributed by atoms with Crippen LogP contribution in [0.4, 0.5) is 0 Å². The molecule has 0 saturated carbocycles. The predicted octanol–water partition coefficient (Wildman–Crippen LogP) is 4.44. The standard InChI is InChI=1S/C23H25ClN4O/c1-14(2)28-5-3-15-7-16(17-9-19-21(24)11-27-23(19)26-10-17)8-18(20(15)12-28)22-13-29-6-4-25-22/h7-11,22,25H,1,3-6,12-13H2,2H3,(H,26,27). The highest BCUT2D eigenvalue weighted by Crippen LogP contribution is 2.35. The smallest absolute Gasteiger partial charge is 0.138 e. The predicted molar refractivity (Wildman–Crippen MR) is 117 cm³/mol. The summed E-state index contributed by atoms with van der Waals surface area (Å²) in [5.41, 5.74) is 8.33. The van der Waals surface area contributed by atoms with Gasteiger partial charge in [-0.25, -0.2) is 4.98 Å². The van der Waals surface area contributed by atoms with Crippen molar-refractivity contribution in [3.05, 3.63) is 64.6 Å². The first-order valence-electron chi connectivity index (χ1n) is 10.1. The molecular formula is C23H25ClN4O. The maximum Gasteiger partial charge on any atom is 0.138 e. The second-order valence-corrected chi connectivity index (χ2v) is 8.36. The Hall–Kier alpha value is -2.34. The highest BCUT2D eigenvalue weighted by atomic mass is 35.5. The first-order valence-corrected chi connectivity index (χ1v) is 10.5. The van der Waals surface area contributed by atoms with Crippen molar-refractivity contribution in [1.82, 2.24) is 20.2 Å². The molecule has 2 N–H and O–H groups in total. The molecule has 0 aliphatic carbocycles.